The molecule has 0 atom stereocenters. The molecule has 0 spiro atoms. The van der Waals surface area contributed by atoms with Crippen molar-refractivity contribution in [2.75, 3.05) is 5.32 Å². The van der Waals surface area contributed by atoms with Gasteiger partial charge in [0.15, 0.2) is 10.8 Å². The van der Waals surface area contributed by atoms with Gasteiger partial charge in [0.05, 0.1) is 16.0 Å². The molecule has 1 aromatic carbocycles. The van der Waals surface area contributed by atoms with Gasteiger partial charge in [-0.15, -0.1) is 0 Å². The van der Waals surface area contributed by atoms with Crippen molar-refractivity contribution in [2.45, 2.75) is 16.0 Å². The van der Waals surface area contributed by atoms with Gasteiger partial charge in [0.2, 0.25) is 9.84 Å². The first-order chi connectivity index (χ1) is 12.3. The molecule has 0 saturated heterocycles. The van der Waals surface area contributed by atoms with E-state index in [4.69, 9.17) is 4.52 Å². The number of rotatable bonds is 5. The fraction of sp³-hybridized carbons (Fsp3) is 0.0714. The fourth-order valence-electron chi connectivity index (χ4n) is 1.94. The van der Waals surface area contributed by atoms with Crippen LogP contribution in [0.15, 0.2) is 50.2 Å². The third-order valence-electron chi connectivity index (χ3n) is 3.19. The van der Waals surface area contributed by atoms with Gasteiger partial charge >= 0.3 is 0 Å². The van der Waals surface area contributed by atoms with E-state index in [1.165, 1.54) is 6.07 Å². The Hall–Kier alpha value is -3.12. The normalized spacial score (nSPS) is 11.3. The van der Waals surface area contributed by atoms with E-state index in [1.54, 1.807) is 6.92 Å². The molecule has 0 aliphatic heterocycles. The van der Waals surface area contributed by atoms with Crippen LogP contribution in [0.3, 0.4) is 0 Å². The fourth-order valence-corrected chi connectivity index (χ4v) is 4.37. The Labute approximate surface area is 150 Å². The minimum Gasteiger partial charge on any atom is -0.361 e. The number of anilines is 1. The molecular formula is C14H10N4O6S2. The monoisotopic (exact) mass is 394 g/mol. The first-order valence-corrected chi connectivity index (χ1v) is 9.27. The highest BCUT2D eigenvalue weighted by Gasteiger charge is 2.23. The molecule has 0 unspecified atom stereocenters. The molecule has 0 fully saturated rings. The third kappa shape index (κ3) is 3.45. The van der Waals surface area contributed by atoms with Gasteiger partial charge < -0.3 is 4.52 Å². The standard InChI is InChI=1S/C14H10N4O6S2/c1-8-6-11(17-24-8)13(19)16-14-15-7-12(25-14)26(22,23)10-4-2-9(3-5-10)18(20)21/h2-7H,1H3,(H,15,16,19). The minimum absolute atomic E-state index is 0.0393. The summed E-state index contributed by atoms with van der Waals surface area (Å²) in [7, 11) is -3.91. The van der Waals surface area contributed by atoms with Crippen molar-refractivity contribution in [1.29, 1.82) is 0 Å². The molecule has 2 aromatic heterocycles. The second kappa shape index (κ2) is 6.65. The number of carbonyl (C=O) groups is 1. The number of carbonyl (C=O) groups excluding carboxylic acids is 1. The van der Waals surface area contributed by atoms with Gasteiger partial charge in [0.1, 0.15) is 9.97 Å². The molecule has 3 aromatic rings. The summed E-state index contributed by atoms with van der Waals surface area (Å²) in [5.41, 5.74) is -0.179. The highest BCUT2D eigenvalue weighted by molar-refractivity contribution is 7.93. The Bertz CT molecular complexity index is 1080. The highest BCUT2D eigenvalue weighted by Crippen LogP contribution is 2.29. The van der Waals surface area contributed by atoms with Crippen molar-refractivity contribution < 1.29 is 22.7 Å². The Morgan fingerprint density at radius 1 is 1.31 bits per heavy atom. The molecule has 0 aliphatic carbocycles. The second-order valence-electron chi connectivity index (χ2n) is 5.02. The number of aryl methyl sites for hydroxylation is 1. The Morgan fingerprint density at radius 3 is 2.58 bits per heavy atom. The number of thiazole rings is 1. The van der Waals surface area contributed by atoms with Crippen LogP contribution in [0.25, 0.3) is 0 Å². The zero-order chi connectivity index (χ0) is 18.9. The minimum atomic E-state index is -3.91. The zero-order valence-corrected chi connectivity index (χ0v) is 14.7. The smallest absolute Gasteiger partial charge is 0.279 e. The lowest BCUT2D eigenvalue weighted by molar-refractivity contribution is -0.384. The predicted molar refractivity (Wildman–Crippen MR) is 89.9 cm³/mol. The number of benzene rings is 1. The molecule has 1 N–H and O–H groups in total. The van der Waals surface area contributed by atoms with Crippen molar-refractivity contribution in [2.24, 2.45) is 0 Å². The number of aromatic nitrogens is 2. The molecule has 1 amide bonds. The van der Waals surface area contributed by atoms with E-state index in [0.717, 1.165) is 41.8 Å². The van der Waals surface area contributed by atoms with Crippen LogP contribution in [-0.4, -0.2) is 29.4 Å². The summed E-state index contributed by atoms with van der Waals surface area (Å²) in [5, 5.41) is 16.7. The number of hydrogen-bond acceptors (Lipinski definition) is 9. The molecule has 0 aliphatic rings. The summed E-state index contributed by atoms with van der Waals surface area (Å²) >= 11 is 0.752. The topological polar surface area (TPSA) is 145 Å². The summed E-state index contributed by atoms with van der Waals surface area (Å²) in [6.45, 7) is 1.63. The maximum atomic E-state index is 12.5. The first-order valence-electron chi connectivity index (χ1n) is 6.97. The van der Waals surface area contributed by atoms with Gasteiger partial charge in [-0.05, 0) is 19.1 Å². The number of nitro benzene ring substituents is 1. The van der Waals surface area contributed by atoms with E-state index in [2.05, 4.69) is 15.5 Å². The number of nitro groups is 1. The number of amides is 1. The first kappa shape index (κ1) is 17.7. The summed E-state index contributed by atoms with van der Waals surface area (Å²) in [5.74, 6) is -0.133. The van der Waals surface area contributed by atoms with Crippen LogP contribution < -0.4 is 5.32 Å². The van der Waals surface area contributed by atoms with E-state index >= 15 is 0 Å². The van der Waals surface area contributed by atoms with Crippen LogP contribution in [0.4, 0.5) is 10.8 Å². The van der Waals surface area contributed by atoms with E-state index in [-0.39, 0.29) is 25.6 Å². The average molecular weight is 394 g/mol. The lowest BCUT2D eigenvalue weighted by atomic mass is 10.3. The summed E-state index contributed by atoms with van der Waals surface area (Å²) < 4.78 is 29.8. The largest absolute Gasteiger partial charge is 0.361 e. The molecule has 10 nitrogen and oxygen atoms in total. The van der Waals surface area contributed by atoms with Crippen molar-refractivity contribution >= 4 is 37.9 Å². The van der Waals surface area contributed by atoms with Crippen molar-refractivity contribution in [1.82, 2.24) is 10.1 Å². The zero-order valence-electron chi connectivity index (χ0n) is 13.1. The molecule has 134 valence electrons. The molecule has 2 heterocycles. The molecule has 0 saturated carbocycles. The van der Waals surface area contributed by atoms with Gasteiger partial charge in [0.25, 0.3) is 11.6 Å². The van der Waals surface area contributed by atoms with Gasteiger partial charge in [0, 0.05) is 18.2 Å². The second-order valence-corrected chi connectivity index (χ2v) is 8.22. The van der Waals surface area contributed by atoms with Gasteiger partial charge in [-0.25, -0.2) is 13.4 Å². The molecular weight excluding hydrogens is 384 g/mol. The van der Waals surface area contributed by atoms with Gasteiger partial charge in [-0.3, -0.25) is 20.2 Å². The SMILES string of the molecule is Cc1cc(C(=O)Nc2ncc(S(=O)(=O)c3ccc([N+](=O)[O-])cc3)s2)no1. The predicted octanol–water partition coefficient (Wildman–Crippen LogP) is 2.43. The van der Waals surface area contributed by atoms with Gasteiger partial charge in [-0.2, -0.15) is 0 Å². The van der Waals surface area contributed by atoms with Crippen molar-refractivity contribution in [3.05, 3.63) is 58.1 Å². The van der Waals surface area contributed by atoms with E-state index in [1.807, 2.05) is 0 Å². The van der Waals surface area contributed by atoms with Crippen LogP contribution in [0.5, 0.6) is 0 Å². The third-order valence-corrected chi connectivity index (χ3v) is 6.33. The van der Waals surface area contributed by atoms with E-state index < -0.39 is 20.7 Å². The maximum absolute atomic E-state index is 12.5. The summed E-state index contributed by atoms with van der Waals surface area (Å²) in [6.07, 6.45) is 1.10. The van der Waals surface area contributed by atoms with E-state index in [0.29, 0.717) is 5.76 Å². The van der Waals surface area contributed by atoms with E-state index in [9.17, 15) is 23.3 Å². The quantitative estimate of drug-likeness (QED) is 0.513. The Balaban J connectivity index is 1.81. The van der Waals surface area contributed by atoms with Gasteiger partial charge in [-0.1, -0.05) is 16.5 Å². The lowest BCUT2D eigenvalue weighted by Gasteiger charge is -2.00. The van der Waals surface area contributed by atoms with Crippen LogP contribution >= 0.6 is 11.3 Å². The molecule has 3 rings (SSSR count). The number of non-ortho nitro benzene ring substituents is 1. The molecule has 0 bridgehead atoms. The summed E-state index contributed by atoms with van der Waals surface area (Å²) in [4.78, 5) is 25.8. The molecule has 12 heteroatoms. The lowest BCUT2D eigenvalue weighted by Crippen LogP contribution is -2.11. The Kier molecular flexibility index (Phi) is 4.52. The molecule has 0 radical (unpaired) electrons. The van der Waals surface area contributed by atoms with Crippen molar-refractivity contribution in [3.8, 4) is 0 Å². The maximum Gasteiger partial charge on any atom is 0.279 e. The number of nitrogens with zero attached hydrogens (tertiary/aromatic N) is 3. The number of hydrogen-bond donors (Lipinski definition) is 1. The van der Waals surface area contributed by atoms with Crippen LogP contribution in [0.2, 0.25) is 0 Å². The van der Waals surface area contributed by atoms with Crippen LogP contribution in [-0.2, 0) is 9.84 Å². The number of sulfone groups is 1. The Morgan fingerprint density at radius 2 is 2.00 bits per heavy atom. The molecule has 26 heavy (non-hydrogen) atoms. The van der Waals surface area contributed by atoms with Crippen LogP contribution in [0, 0.1) is 17.0 Å². The van der Waals surface area contributed by atoms with Crippen molar-refractivity contribution in [3.63, 3.8) is 0 Å². The van der Waals surface area contributed by atoms with Crippen LogP contribution in [0.1, 0.15) is 16.2 Å². The highest BCUT2D eigenvalue weighted by atomic mass is 32.2. The summed E-state index contributed by atoms with van der Waals surface area (Å²) in [6, 6.07) is 5.91. The number of nitrogens with one attached hydrogen (secondary N) is 1. The average Bonchev–Trinajstić information content (AvgIpc) is 3.24.